The Labute approximate surface area is 174 Å². The van der Waals surface area contributed by atoms with Gasteiger partial charge in [0, 0.05) is 30.1 Å². The number of carbonyl (C=O) groups excluding carboxylic acids is 1. The van der Waals surface area contributed by atoms with E-state index in [1.54, 1.807) is 18.6 Å². The second-order valence-electron chi connectivity index (χ2n) is 6.54. The van der Waals surface area contributed by atoms with Gasteiger partial charge in [0.05, 0.1) is 11.0 Å². The maximum atomic E-state index is 12.0. The third-order valence-electron chi connectivity index (χ3n) is 4.50. The van der Waals surface area contributed by atoms with Gasteiger partial charge in [-0.3, -0.25) is 9.36 Å². The van der Waals surface area contributed by atoms with Crippen molar-refractivity contribution in [2.75, 3.05) is 19.8 Å². The van der Waals surface area contributed by atoms with Crippen molar-refractivity contribution in [3.05, 3.63) is 78.8 Å². The molecule has 152 valence electrons. The van der Waals surface area contributed by atoms with Crippen LogP contribution in [0.3, 0.4) is 0 Å². The lowest BCUT2D eigenvalue weighted by Crippen LogP contribution is -2.22. The van der Waals surface area contributed by atoms with Crippen molar-refractivity contribution in [3.63, 3.8) is 0 Å². The fourth-order valence-electron chi connectivity index (χ4n) is 3.06. The van der Waals surface area contributed by atoms with Gasteiger partial charge in [0.25, 0.3) is 5.91 Å². The number of hydrogen-bond donors (Lipinski definition) is 1. The molecule has 0 aliphatic carbocycles. The smallest absolute Gasteiger partial charge is 0.251 e. The van der Waals surface area contributed by atoms with Crippen LogP contribution in [0.1, 0.15) is 17.3 Å². The van der Waals surface area contributed by atoms with Gasteiger partial charge in [0.2, 0.25) is 5.88 Å². The lowest BCUT2D eigenvalue weighted by Gasteiger charge is -2.09. The van der Waals surface area contributed by atoms with Crippen molar-refractivity contribution < 1.29 is 14.3 Å². The zero-order valence-electron chi connectivity index (χ0n) is 16.6. The summed E-state index contributed by atoms with van der Waals surface area (Å²) in [6.07, 6.45) is 3.44. The van der Waals surface area contributed by atoms with E-state index in [2.05, 4.69) is 15.3 Å². The number of benzene rings is 2. The minimum Gasteiger partial charge on any atom is -0.490 e. The van der Waals surface area contributed by atoms with Crippen LogP contribution in [0.25, 0.3) is 16.7 Å². The SMILES string of the molecule is CCNC(=O)c1ccc2c(c1)ncn2-c1ccc(OCCOc2ccccn2)cc1. The largest absolute Gasteiger partial charge is 0.490 e. The summed E-state index contributed by atoms with van der Waals surface area (Å²) in [5.74, 6) is 1.24. The number of nitrogens with one attached hydrogen (secondary N) is 1. The van der Waals surface area contributed by atoms with Crippen LogP contribution < -0.4 is 14.8 Å². The second kappa shape index (κ2) is 9.09. The van der Waals surface area contributed by atoms with Crippen LogP contribution in [0.2, 0.25) is 0 Å². The highest BCUT2D eigenvalue weighted by molar-refractivity contribution is 5.97. The normalized spacial score (nSPS) is 10.7. The van der Waals surface area contributed by atoms with E-state index in [9.17, 15) is 4.79 Å². The van der Waals surface area contributed by atoms with E-state index in [1.807, 2.05) is 66.1 Å². The molecule has 30 heavy (non-hydrogen) atoms. The Balaban J connectivity index is 1.40. The first-order chi connectivity index (χ1) is 14.7. The van der Waals surface area contributed by atoms with E-state index >= 15 is 0 Å². The van der Waals surface area contributed by atoms with Crippen molar-refractivity contribution in [1.29, 1.82) is 0 Å². The Morgan fingerprint density at radius 2 is 1.83 bits per heavy atom. The standard InChI is InChI=1S/C23H22N4O3/c1-2-24-23(28)17-6-11-21-20(15-17)26-16-27(21)18-7-9-19(10-8-18)29-13-14-30-22-5-3-4-12-25-22/h3-12,15-16H,2,13-14H2,1H3,(H,24,28). The number of amides is 1. The van der Waals surface area contributed by atoms with Gasteiger partial charge in [-0.15, -0.1) is 0 Å². The first-order valence-electron chi connectivity index (χ1n) is 9.77. The van der Waals surface area contributed by atoms with Crippen molar-refractivity contribution >= 4 is 16.9 Å². The Kier molecular flexibility index (Phi) is 5.89. The molecule has 2 aromatic carbocycles. The van der Waals surface area contributed by atoms with Gasteiger partial charge in [-0.1, -0.05) is 6.07 Å². The molecule has 0 unspecified atom stereocenters. The van der Waals surface area contributed by atoms with Gasteiger partial charge in [-0.2, -0.15) is 0 Å². The molecule has 0 aliphatic rings. The van der Waals surface area contributed by atoms with Crippen molar-refractivity contribution in [2.24, 2.45) is 0 Å². The summed E-state index contributed by atoms with van der Waals surface area (Å²) in [4.78, 5) is 20.6. The van der Waals surface area contributed by atoms with Gasteiger partial charge in [-0.05, 0) is 55.5 Å². The number of rotatable bonds is 8. The molecular formula is C23H22N4O3. The Hall–Kier alpha value is -3.87. The summed E-state index contributed by atoms with van der Waals surface area (Å²) >= 11 is 0. The predicted molar refractivity (Wildman–Crippen MR) is 114 cm³/mol. The molecule has 1 amide bonds. The number of nitrogens with zero attached hydrogens (tertiary/aromatic N) is 3. The summed E-state index contributed by atoms with van der Waals surface area (Å²) in [6.45, 7) is 3.33. The molecule has 2 aromatic heterocycles. The number of imidazole rings is 1. The van der Waals surface area contributed by atoms with Crippen molar-refractivity contribution in [2.45, 2.75) is 6.92 Å². The third kappa shape index (κ3) is 4.41. The van der Waals surface area contributed by atoms with Crippen LogP contribution in [0.4, 0.5) is 0 Å². The summed E-state index contributed by atoms with van der Waals surface area (Å²) in [5.41, 5.74) is 3.26. The first-order valence-corrected chi connectivity index (χ1v) is 9.77. The van der Waals surface area contributed by atoms with E-state index in [1.165, 1.54) is 0 Å². The number of hydrogen-bond acceptors (Lipinski definition) is 5. The van der Waals surface area contributed by atoms with Crippen LogP contribution in [-0.2, 0) is 0 Å². The Bertz CT molecular complexity index is 1120. The molecule has 4 aromatic rings. The molecule has 0 saturated carbocycles. The summed E-state index contributed by atoms with van der Waals surface area (Å²) in [6, 6.07) is 18.8. The number of carbonyl (C=O) groups is 1. The van der Waals surface area contributed by atoms with E-state index in [0.29, 0.717) is 31.2 Å². The Morgan fingerprint density at radius 3 is 2.60 bits per heavy atom. The predicted octanol–water partition coefficient (Wildman–Crippen LogP) is 3.63. The van der Waals surface area contributed by atoms with Crippen molar-refractivity contribution in [1.82, 2.24) is 19.9 Å². The average molecular weight is 402 g/mol. The average Bonchev–Trinajstić information content (AvgIpc) is 3.21. The van der Waals surface area contributed by atoms with E-state index in [0.717, 1.165) is 22.5 Å². The quantitative estimate of drug-likeness (QED) is 0.456. The fourth-order valence-corrected chi connectivity index (χ4v) is 3.06. The second-order valence-corrected chi connectivity index (χ2v) is 6.54. The minimum absolute atomic E-state index is 0.0949. The molecule has 0 aliphatic heterocycles. The van der Waals surface area contributed by atoms with Crippen LogP contribution in [0.15, 0.2) is 73.2 Å². The topological polar surface area (TPSA) is 78.3 Å². The van der Waals surface area contributed by atoms with E-state index in [4.69, 9.17) is 9.47 Å². The van der Waals surface area contributed by atoms with Crippen LogP contribution in [0.5, 0.6) is 11.6 Å². The molecule has 0 fully saturated rings. The highest BCUT2D eigenvalue weighted by Gasteiger charge is 2.09. The molecular weight excluding hydrogens is 380 g/mol. The first kappa shape index (κ1) is 19.4. The summed E-state index contributed by atoms with van der Waals surface area (Å²) in [5, 5.41) is 2.80. The highest BCUT2D eigenvalue weighted by Crippen LogP contribution is 2.21. The zero-order valence-corrected chi connectivity index (χ0v) is 16.6. The molecule has 0 atom stereocenters. The molecule has 7 nitrogen and oxygen atoms in total. The van der Waals surface area contributed by atoms with Gasteiger partial charge < -0.3 is 14.8 Å². The van der Waals surface area contributed by atoms with E-state index in [-0.39, 0.29) is 5.91 Å². The molecule has 0 spiro atoms. The molecule has 2 heterocycles. The van der Waals surface area contributed by atoms with Crippen LogP contribution in [-0.4, -0.2) is 40.2 Å². The molecule has 0 saturated heterocycles. The summed E-state index contributed by atoms with van der Waals surface area (Å²) < 4.78 is 13.2. The van der Waals surface area contributed by atoms with Gasteiger partial charge >= 0.3 is 0 Å². The Morgan fingerprint density at radius 1 is 1.00 bits per heavy atom. The number of ether oxygens (including phenoxy) is 2. The molecule has 7 heteroatoms. The van der Waals surface area contributed by atoms with Gasteiger partial charge in [0.15, 0.2) is 0 Å². The third-order valence-corrected chi connectivity index (χ3v) is 4.50. The molecule has 0 bridgehead atoms. The highest BCUT2D eigenvalue weighted by atomic mass is 16.5. The fraction of sp³-hybridized carbons (Fsp3) is 0.174. The molecule has 0 radical (unpaired) electrons. The van der Waals surface area contributed by atoms with Crippen LogP contribution >= 0.6 is 0 Å². The van der Waals surface area contributed by atoms with Gasteiger partial charge in [0.1, 0.15) is 25.3 Å². The molecule has 4 rings (SSSR count). The molecule has 1 N–H and O–H groups in total. The maximum absolute atomic E-state index is 12.0. The van der Waals surface area contributed by atoms with Crippen LogP contribution in [0, 0.1) is 0 Å². The maximum Gasteiger partial charge on any atom is 0.251 e. The zero-order chi connectivity index (χ0) is 20.8. The summed E-state index contributed by atoms with van der Waals surface area (Å²) in [7, 11) is 0. The minimum atomic E-state index is -0.0949. The number of pyridine rings is 1. The van der Waals surface area contributed by atoms with Gasteiger partial charge in [-0.25, -0.2) is 9.97 Å². The monoisotopic (exact) mass is 402 g/mol. The number of fused-ring (bicyclic) bond motifs is 1. The van der Waals surface area contributed by atoms with Crippen molar-refractivity contribution in [3.8, 4) is 17.3 Å². The lowest BCUT2D eigenvalue weighted by molar-refractivity contribution is 0.0956. The number of aromatic nitrogens is 3. The van der Waals surface area contributed by atoms with E-state index < -0.39 is 0 Å². The lowest BCUT2D eigenvalue weighted by atomic mass is 10.2.